The van der Waals surface area contributed by atoms with Crippen LogP contribution in [0.2, 0.25) is 0 Å². The monoisotopic (exact) mass is 311 g/mol. The quantitative estimate of drug-likeness (QED) is 0.870. The van der Waals surface area contributed by atoms with Crippen molar-refractivity contribution in [2.75, 3.05) is 5.73 Å². The second kappa shape index (κ2) is 4.39. The van der Waals surface area contributed by atoms with E-state index in [9.17, 15) is 4.39 Å². The highest BCUT2D eigenvalue weighted by atomic mass is 79.9. The molecule has 0 unspecified atom stereocenters. The molecule has 1 aromatic carbocycles. The zero-order chi connectivity index (χ0) is 13.5. The van der Waals surface area contributed by atoms with Crippen LogP contribution < -0.4 is 5.73 Å². The molecule has 2 aromatic rings. The molecule has 0 radical (unpaired) electrons. The molecule has 0 spiro atoms. The van der Waals surface area contributed by atoms with E-state index in [2.05, 4.69) is 21.0 Å². The lowest BCUT2D eigenvalue weighted by Gasteiger charge is -2.18. The number of nitrogens with two attached hydrogens (primary N) is 1. The fourth-order valence-corrected chi connectivity index (χ4v) is 1.98. The largest absolute Gasteiger partial charge is 0.396 e. The number of halogens is 2. The molecular weight excluding hydrogens is 297 g/mol. The number of hydrogen-bond donors (Lipinski definition) is 1. The summed E-state index contributed by atoms with van der Waals surface area (Å²) in [5.41, 5.74) is 7.10. The molecule has 0 amide bonds. The Morgan fingerprint density at radius 3 is 2.56 bits per heavy atom. The Hall–Kier alpha value is -1.36. The van der Waals surface area contributed by atoms with E-state index in [0.29, 0.717) is 16.9 Å². The highest BCUT2D eigenvalue weighted by Crippen LogP contribution is 2.30. The number of rotatable bonds is 1. The van der Waals surface area contributed by atoms with E-state index >= 15 is 0 Å². The molecule has 0 aliphatic heterocycles. The molecule has 0 aliphatic rings. The lowest BCUT2D eigenvalue weighted by atomic mass is 10.1. The summed E-state index contributed by atoms with van der Waals surface area (Å²) in [5, 5.41) is 4.38. The molecule has 1 aromatic heterocycles. The van der Waals surface area contributed by atoms with Gasteiger partial charge in [0.1, 0.15) is 11.5 Å². The van der Waals surface area contributed by atoms with Gasteiger partial charge in [-0.25, -0.2) is 4.39 Å². The number of hydrogen-bond acceptors (Lipinski definition) is 2. The van der Waals surface area contributed by atoms with Crippen molar-refractivity contribution in [2.24, 2.45) is 0 Å². The lowest BCUT2D eigenvalue weighted by Crippen LogP contribution is -2.22. The van der Waals surface area contributed by atoms with Crippen LogP contribution >= 0.6 is 15.9 Å². The molecule has 0 saturated heterocycles. The van der Waals surface area contributed by atoms with Gasteiger partial charge in [-0.05, 0) is 39.0 Å². The van der Waals surface area contributed by atoms with Gasteiger partial charge in [0.05, 0.1) is 11.2 Å². The number of aromatic nitrogens is 2. The van der Waals surface area contributed by atoms with Gasteiger partial charge in [-0.15, -0.1) is 0 Å². The summed E-state index contributed by atoms with van der Waals surface area (Å²) in [7, 11) is 0. The van der Waals surface area contributed by atoms with Crippen molar-refractivity contribution in [3.8, 4) is 11.3 Å². The van der Waals surface area contributed by atoms with Gasteiger partial charge in [0, 0.05) is 16.2 Å². The Balaban J connectivity index is 2.58. The van der Waals surface area contributed by atoms with Gasteiger partial charge in [0.15, 0.2) is 0 Å². The average Bonchev–Trinajstić information content (AvgIpc) is 2.64. The second-order valence-corrected chi connectivity index (χ2v) is 6.09. The predicted octanol–water partition coefficient (Wildman–Crippen LogP) is 3.79. The number of nitrogen functional groups attached to an aromatic ring is 1. The van der Waals surface area contributed by atoms with E-state index in [1.807, 2.05) is 20.8 Å². The van der Waals surface area contributed by atoms with Crippen LogP contribution in [0, 0.1) is 5.82 Å². The normalized spacial score (nSPS) is 11.8. The van der Waals surface area contributed by atoms with Crippen molar-refractivity contribution in [3.63, 3.8) is 0 Å². The molecule has 0 bridgehead atoms. The Bertz CT molecular complexity index is 584. The van der Waals surface area contributed by atoms with Crippen LogP contribution in [-0.2, 0) is 5.54 Å². The van der Waals surface area contributed by atoms with Gasteiger partial charge < -0.3 is 5.73 Å². The van der Waals surface area contributed by atoms with E-state index in [1.54, 1.807) is 23.0 Å². The van der Waals surface area contributed by atoms with Crippen molar-refractivity contribution in [1.82, 2.24) is 9.78 Å². The minimum Gasteiger partial charge on any atom is -0.396 e. The van der Waals surface area contributed by atoms with Gasteiger partial charge in [-0.3, -0.25) is 4.68 Å². The third-order valence-electron chi connectivity index (χ3n) is 2.61. The predicted molar refractivity (Wildman–Crippen MR) is 74.7 cm³/mol. The summed E-state index contributed by atoms with van der Waals surface area (Å²) in [4.78, 5) is 0. The maximum Gasteiger partial charge on any atom is 0.132 e. The minimum atomic E-state index is -0.330. The smallest absolute Gasteiger partial charge is 0.132 e. The van der Waals surface area contributed by atoms with Crippen molar-refractivity contribution in [1.29, 1.82) is 0 Å². The van der Waals surface area contributed by atoms with Gasteiger partial charge in [0.2, 0.25) is 0 Å². The van der Waals surface area contributed by atoms with Crippen LogP contribution in [-0.4, -0.2) is 9.78 Å². The van der Waals surface area contributed by atoms with Crippen LogP contribution in [0.15, 0.2) is 28.9 Å². The molecule has 0 fully saturated rings. The molecule has 96 valence electrons. The molecule has 2 rings (SSSR count). The Morgan fingerprint density at radius 2 is 2.00 bits per heavy atom. The fourth-order valence-electron chi connectivity index (χ4n) is 1.62. The van der Waals surface area contributed by atoms with Crippen LogP contribution in [0.4, 0.5) is 10.1 Å². The maximum atomic E-state index is 13.8. The number of benzene rings is 1. The van der Waals surface area contributed by atoms with E-state index in [-0.39, 0.29) is 11.4 Å². The summed E-state index contributed by atoms with van der Waals surface area (Å²) in [5.74, 6) is -0.330. The molecular formula is C13H15BrFN3. The molecule has 18 heavy (non-hydrogen) atoms. The molecule has 1 heterocycles. The van der Waals surface area contributed by atoms with Crippen molar-refractivity contribution >= 4 is 21.6 Å². The average molecular weight is 312 g/mol. The highest BCUT2D eigenvalue weighted by molar-refractivity contribution is 9.10. The van der Waals surface area contributed by atoms with E-state index in [4.69, 9.17) is 5.73 Å². The molecule has 5 heteroatoms. The highest BCUT2D eigenvalue weighted by Gasteiger charge is 2.19. The number of anilines is 1. The Morgan fingerprint density at radius 1 is 1.33 bits per heavy atom. The zero-order valence-electron chi connectivity index (χ0n) is 10.5. The van der Waals surface area contributed by atoms with Gasteiger partial charge in [-0.2, -0.15) is 5.10 Å². The second-order valence-electron chi connectivity index (χ2n) is 5.17. The molecule has 0 saturated carbocycles. The van der Waals surface area contributed by atoms with Crippen molar-refractivity contribution in [2.45, 2.75) is 26.3 Å². The molecule has 0 aliphatic carbocycles. The van der Waals surface area contributed by atoms with Gasteiger partial charge >= 0.3 is 0 Å². The standard InChI is InChI=1S/C13H15BrFN3/c1-13(2,3)18-7-11(16)12(17-18)9-6-8(14)4-5-10(9)15/h4-7H,16H2,1-3H3. The lowest BCUT2D eigenvalue weighted by molar-refractivity contribution is 0.356. The fraction of sp³-hybridized carbons (Fsp3) is 0.308. The minimum absolute atomic E-state index is 0.186. The third-order valence-corrected chi connectivity index (χ3v) is 3.11. The van der Waals surface area contributed by atoms with Crippen LogP contribution in [0.1, 0.15) is 20.8 Å². The summed E-state index contributed by atoms with van der Waals surface area (Å²) in [6, 6.07) is 4.73. The van der Waals surface area contributed by atoms with E-state index in [1.165, 1.54) is 6.07 Å². The van der Waals surface area contributed by atoms with E-state index < -0.39 is 0 Å². The Kier molecular flexibility index (Phi) is 3.19. The summed E-state index contributed by atoms with van der Waals surface area (Å²) in [6.45, 7) is 6.04. The van der Waals surface area contributed by atoms with Crippen LogP contribution in [0.3, 0.4) is 0 Å². The molecule has 0 atom stereocenters. The first-order chi connectivity index (χ1) is 8.29. The summed E-state index contributed by atoms with van der Waals surface area (Å²) in [6.07, 6.45) is 1.73. The van der Waals surface area contributed by atoms with Crippen molar-refractivity contribution in [3.05, 3.63) is 34.7 Å². The summed E-state index contributed by atoms with van der Waals surface area (Å²) >= 11 is 3.32. The Labute approximate surface area is 114 Å². The first kappa shape index (κ1) is 13.1. The SMILES string of the molecule is CC(C)(C)n1cc(N)c(-c2cc(Br)ccc2F)n1. The molecule has 3 nitrogen and oxygen atoms in total. The number of nitrogens with zero attached hydrogens (tertiary/aromatic N) is 2. The first-order valence-electron chi connectivity index (χ1n) is 5.60. The zero-order valence-corrected chi connectivity index (χ0v) is 12.1. The third kappa shape index (κ3) is 2.41. The maximum absolute atomic E-state index is 13.8. The van der Waals surface area contributed by atoms with Gasteiger partial charge in [-0.1, -0.05) is 15.9 Å². The van der Waals surface area contributed by atoms with Crippen molar-refractivity contribution < 1.29 is 4.39 Å². The topological polar surface area (TPSA) is 43.8 Å². The van der Waals surface area contributed by atoms with E-state index in [0.717, 1.165) is 4.47 Å². The van der Waals surface area contributed by atoms with Gasteiger partial charge in [0.25, 0.3) is 0 Å². The van der Waals surface area contributed by atoms with Crippen LogP contribution in [0.25, 0.3) is 11.3 Å². The molecule has 2 N–H and O–H groups in total. The summed E-state index contributed by atoms with van der Waals surface area (Å²) < 4.78 is 16.4. The van der Waals surface area contributed by atoms with Crippen LogP contribution in [0.5, 0.6) is 0 Å². The first-order valence-corrected chi connectivity index (χ1v) is 6.39.